The third kappa shape index (κ3) is 4.20. The lowest BCUT2D eigenvalue weighted by molar-refractivity contribution is 0.0302. The quantitative estimate of drug-likeness (QED) is 0.776. The highest BCUT2D eigenvalue weighted by atomic mass is 32.1. The molecule has 1 aliphatic carbocycles. The van der Waals surface area contributed by atoms with E-state index < -0.39 is 0 Å². The van der Waals surface area contributed by atoms with Gasteiger partial charge in [0.1, 0.15) is 5.01 Å². The molecule has 1 N–H and O–H groups in total. The van der Waals surface area contributed by atoms with Crippen LogP contribution in [0.2, 0.25) is 0 Å². The standard InChI is InChI=1S/C12H20N2OS/c1-2-4-11(5-3-1)15-8-6-13-10-12-14-7-9-16-12/h7,9,11,13H,1-6,8,10H2. The van der Waals surface area contributed by atoms with Gasteiger partial charge in [0.2, 0.25) is 0 Å². The van der Waals surface area contributed by atoms with Gasteiger partial charge in [-0.05, 0) is 12.8 Å². The first-order valence-corrected chi connectivity index (χ1v) is 7.04. The van der Waals surface area contributed by atoms with E-state index in [4.69, 9.17) is 4.74 Å². The molecule has 16 heavy (non-hydrogen) atoms. The van der Waals surface area contributed by atoms with Crippen LogP contribution in [0.4, 0.5) is 0 Å². The molecule has 3 nitrogen and oxygen atoms in total. The van der Waals surface area contributed by atoms with Gasteiger partial charge in [-0.2, -0.15) is 0 Å². The fraction of sp³-hybridized carbons (Fsp3) is 0.750. The van der Waals surface area contributed by atoms with E-state index in [9.17, 15) is 0 Å². The fourth-order valence-corrected chi connectivity index (χ4v) is 2.65. The molecule has 0 spiro atoms. The Balaban J connectivity index is 1.48. The average molecular weight is 240 g/mol. The molecule has 90 valence electrons. The highest BCUT2D eigenvalue weighted by Crippen LogP contribution is 2.19. The second-order valence-electron chi connectivity index (χ2n) is 4.23. The largest absolute Gasteiger partial charge is 0.377 e. The zero-order chi connectivity index (χ0) is 11.1. The molecule has 4 heteroatoms. The van der Waals surface area contributed by atoms with E-state index in [1.807, 2.05) is 11.6 Å². The summed E-state index contributed by atoms with van der Waals surface area (Å²) in [4.78, 5) is 4.22. The lowest BCUT2D eigenvalue weighted by Crippen LogP contribution is -2.24. The monoisotopic (exact) mass is 240 g/mol. The highest BCUT2D eigenvalue weighted by molar-refractivity contribution is 7.09. The van der Waals surface area contributed by atoms with Crippen LogP contribution in [0.3, 0.4) is 0 Å². The summed E-state index contributed by atoms with van der Waals surface area (Å²) < 4.78 is 5.82. The smallest absolute Gasteiger partial charge is 0.106 e. The molecule has 0 bridgehead atoms. The second kappa shape index (κ2) is 6.99. The van der Waals surface area contributed by atoms with Gasteiger partial charge in [0, 0.05) is 24.7 Å². The third-order valence-electron chi connectivity index (χ3n) is 2.94. The molecule has 0 saturated heterocycles. The Morgan fingerprint density at radius 1 is 1.38 bits per heavy atom. The summed E-state index contributed by atoms with van der Waals surface area (Å²) in [6.07, 6.45) is 8.96. The first-order chi connectivity index (χ1) is 7.95. The number of rotatable bonds is 6. The van der Waals surface area contributed by atoms with Crippen molar-refractivity contribution in [2.45, 2.75) is 44.8 Å². The van der Waals surface area contributed by atoms with Crippen LogP contribution in [0.25, 0.3) is 0 Å². The molecule has 1 aliphatic rings. The van der Waals surface area contributed by atoms with Crippen molar-refractivity contribution < 1.29 is 4.74 Å². The van der Waals surface area contributed by atoms with Crippen molar-refractivity contribution in [3.8, 4) is 0 Å². The predicted octanol–water partition coefficient (Wildman–Crippen LogP) is 2.58. The van der Waals surface area contributed by atoms with Gasteiger partial charge in [-0.25, -0.2) is 4.98 Å². The molecule has 1 saturated carbocycles. The van der Waals surface area contributed by atoms with E-state index in [-0.39, 0.29) is 0 Å². The zero-order valence-corrected chi connectivity index (χ0v) is 10.5. The maximum Gasteiger partial charge on any atom is 0.106 e. The third-order valence-corrected chi connectivity index (χ3v) is 3.72. The lowest BCUT2D eigenvalue weighted by atomic mass is 9.98. The van der Waals surface area contributed by atoms with Gasteiger partial charge in [-0.1, -0.05) is 19.3 Å². The van der Waals surface area contributed by atoms with Crippen LogP contribution >= 0.6 is 11.3 Å². The van der Waals surface area contributed by atoms with E-state index >= 15 is 0 Å². The first-order valence-electron chi connectivity index (χ1n) is 6.16. The van der Waals surface area contributed by atoms with Crippen molar-refractivity contribution in [1.29, 1.82) is 0 Å². The molecule has 2 rings (SSSR count). The molecule has 0 radical (unpaired) electrons. The van der Waals surface area contributed by atoms with Gasteiger partial charge in [0.05, 0.1) is 12.7 Å². The summed E-state index contributed by atoms with van der Waals surface area (Å²) in [5.41, 5.74) is 0. The SMILES string of the molecule is c1csc(CNCCOC2CCCCC2)n1. The minimum atomic E-state index is 0.524. The van der Waals surface area contributed by atoms with E-state index in [0.29, 0.717) is 6.10 Å². The maximum atomic E-state index is 5.82. The van der Waals surface area contributed by atoms with Crippen LogP contribution in [0.1, 0.15) is 37.1 Å². The number of aromatic nitrogens is 1. The number of ether oxygens (including phenoxy) is 1. The van der Waals surface area contributed by atoms with Crippen LogP contribution in [0.5, 0.6) is 0 Å². The molecular formula is C12H20N2OS. The van der Waals surface area contributed by atoms with Crippen molar-refractivity contribution in [3.63, 3.8) is 0 Å². The minimum Gasteiger partial charge on any atom is -0.377 e. The van der Waals surface area contributed by atoms with Gasteiger partial charge in [0.15, 0.2) is 0 Å². The lowest BCUT2D eigenvalue weighted by Gasteiger charge is -2.21. The maximum absolute atomic E-state index is 5.82. The van der Waals surface area contributed by atoms with Gasteiger partial charge in [-0.15, -0.1) is 11.3 Å². The summed E-state index contributed by atoms with van der Waals surface area (Å²) >= 11 is 1.69. The summed E-state index contributed by atoms with van der Waals surface area (Å²) in [6, 6.07) is 0. The molecule has 1 heterocycles. The summed E-state index contributed by atoms with van der Waals surface area (Å²) in [7, 11) is 0. The Morgan fingerprint density at radius 2 is 2.25 bits per heavy atom. The van der Waals surface area contributed by atoms with Crippen molar-refractivity contribution in [2.24, 2.45) is 0 Å². The Morgan fingerprint density at radius 3 is 3.00 bits per heavy atom. The van der Waals surface area contributed by atoms with Gasteiger partial charge in [0.25, 0.3) is 0 Å². The first kappa shape index (κ1) is 12.0. The Hall–Kier alpha value is -0.450. The Bertz CT molecular complexity index is 271. The van der Waals surface area contributed by atoms with Crippen LogP contribution in [0, 0.1) is 0 Å². The van der Waals surface area contributed by atoms with Crippen molar-refractivity contribution in [1.82, 2.24) is 10.3 Å². The van der Waals surface area contributed by atoms with Crippen LogP contribution in [0.15, 0.2) is 11.6 Å². The van der Waals surface area contributed by atoms with E-state index in [1.165, 1.54) is 32.1 Å². The fourth-order valence-electron chi connectivity index (χ4n) is 2.07. The van der Waals surface area contributed by atoms with Gasteiger partial charge < -0.3 is 10.1 Å². The highest BCUT2D eigenvalue weighted by Gasteiger charge is 2.12. The molecule has 1 aromatic heterocycles. The van der Waals surface area contributed by atoms with Gasteiger partial charge in [-0.3, -0.25) is 0 Å². The van der Waals surface area contributed by atoms with Crippen molar-refractivity contribution in [3.05, 3.63) is 16.6 Å². The normalized spacial score (nSPS) is 17.8. The van der Waals surface area contributed by atoms with E-state index in [1.54, 1.807) is 11.3 Å². The number of hydrogen-bond acceptors (Lipinski definition) is 4. The minimum absolute atomic E-state index is 0.524. The average Bonchev–Trinajstić information content (AvgIpc) is 2.83. The molecular weight excluding hydrogens is 220 g/mol. The number of thiazole rings is 1. The van der Waals surface area contributed by atoms with E-state index in [2.05, 4.69) is 10.3 Å². The second-order valence-corrected chi connectivity index (χ2v) is 5.21. The molecule has 1 aromatic rings. The number of nitrogens with one attached hydrogen (secondary N) is 1. The summed E-state index contributed by atoms with van der Waals surface area (Å²) in [5.74, 6) is 0. The van der Waals surface area contributed by atoms with Crippen LogP contribution in [-0.4, -0.2) is 24.2 Å². The van der Waals surface area contributed by atoms with Gasteiger partial charge >= 0.3 is 0 Å². The number of hydrogen-bond donors (Lipinski definition) is 1. The van der Waals surface area contributed by atoms with Crippen LogP contribution in [-0.2, 0) is 11.3 Å². The topological polar surface area (TPSA) is 34.1 Å². The Labute approximate surface area is 101 Å². The van der Waals surface area contributed by atoms with Crippen molar-refractivity contribution in [2.75, 3.05) is 13.2 Å². The summed E-state index contributed by atoms with van der Waals surface area (Å²) in [5, 5.41) is 6.51. The molecule has 0 amide bonds. The summed E-state index contributed by atoms with van der Waals surface area (Å²) in [6.45, 7) is 2.62. The molecule has 0 atom stereocenters. The van der Waals surface area contributed by atoms with Crippen LogP contribution < -0.4 is 5.32 Å². The molecule has 1 fully saturated rings. The van der Waals surface area contributed by atoms with E-state index in [0.717, 1.165) is 24.7 Å². The zero-order valence-electron chi connectivity index (χ0n) is 9.65. The molecule has 0 aromatic carbocycles. The number of nitrogens with zero attached hydrogens (tertiary/aromatic N) is 1. The molecule has 0 unspecified atom stereocenters. The predicted molar refractivity (Wildman–Crippen MR) is 66.6 cm³/mol. The Kier molecular flexibility index (Phi) is 5.25. The van der Waals surface area contributed by atoms with Crippen molar-refractivity contribution >= 4 is 11.3 Å². The molecule has 0 aliphatic heterocycles.